The van der Waals surface area contributed by atoms with E-state index in [1.54, 1.807) is 11.1 Å². The van der Waals surface area contributed by atoms with E-state index >= 15 is 0 Å². The minimum atomic E-state index is 0.751. The molecule has 1 aromatic rings. The molecular formula is C20H31N. The Labute approximate surface area is 130 Å². The molecule has 0 heterocycles. The van der Waals surface area contributed by atoms with E-state index in [4.69, 9.17) is 0 Å². The van der Waals surface area contributed by atoms with Gasteiger partial charge in [-0.05, 0) is 61.6 Å². The Kier molecular flexibility index (Phi) is 5.35. The van der Waals surface area contributed by atoms with Gasteiger partial charge in [-0.3, -0.25) is 0 Å². The molecule has 1 fully saturated rings. The van der Waals surface area contributed by atoms with Crippen molar-refractivity contribution in [3.63, 3.8) is 0 Å². The molecule has 1 N–H and O–H groups in total. The monoisotopic (exact) mass is 285 g/mol. The van der Waals surface area contributed by atoms with E-state index in [1.807, 2.05) is 0 Å². The van der Waals surface area contributed by atoms with Gasteiger partial charge < -0.3 is 5.32 Å². The van der Waals surface area contributed by atoms with Crippen LogP contribution < -0.4 is 5.32 Å². The Hall–Kier alpha value is -0.820. The van der Waals surface area contributed by atoms with Crippen LogP contribution >= 0.6 is 0 Å². The summed E-state index contributed by atoms with van der Waals surface area (Å²) in [6.45, 7) is 3.48. The van der Waals surface area contributed by atoms with E-state index in [1.165, 1.54) is 64.3 Å². The summed E-state index contributed by atoms with van der Waals surface area (Å²) in [6, 6.07) is 9.82. The molecule has 1 heteroatoms. The van der Waals surface area contributed by atoms with Gasteiger partial charge in [-0.25, -0.2) is 0 Å². The van der Waals surface area contributed by atoms with Crippen molar-refractivity contribution in [1.82, 2.24) is 5.32 Å². The van der Waals surface area contributed by atoms with Gasteiger partial charge in [0.1, 0.15) is 0 Å². The first-order chi connectivity index (χ1) is 10.4. The van der Waals surface area contributed by atoms with Gasteiger partial charge in [-0.1, -0.05) is 56.9 Å². The average molecular weight is 285 g/mol. The second-order valence-electron chi connectivity index (χ2n) is 7.15. The smallest absolute Gasteiger partial charge is 0.0101 e. The van der Waals surface area contributed by atoms with Crippen LogP contribution in [-0.2, 0) is 6.42 Å². The van der Waals surface area contributed by atoms with Crippen molar-refractivity contribution in [2.45, 2.75) is 76.7 Å². The number of fused-ring (bicyclic) bond motifs is 1. The molecule has 0 saturated heterocycles. The van der Waals surface area contributed by atoms with E-state index in [9.17, 15) is 0 Å². The van der Waals surface area contributed by atoms with Gasteiger partial charge in [0.05, 0.1) is 0 Å². The molecule has 0 amide bonds. The predicted octanol–water partition coefficient (Wildman–Crippen LogP) is 5.06. The van der Waals surface area contributed by atoms with Gasteiger partial charge in [-0.15, -0.1) is 0 Å². The quantitative estimate of drug-likeness (QED) is 0.721. The normalized spacial score (nSPS) is 24.0. The highest BCUT2D eigenvalue weighted by atomic mass is 14.9. The van der Waals surface area contributed by atoms with Crippen LogP contribution in [0.15, 0.2) is 24.3 Å². The fourth-order valence-electron chi connectivity index (χ4n) is 4.37. The topological polar surface area (TPSA) is 12.0 Å². The third-order valence-corrected chi connectivity index (χ3v) is 5.63. The molecule has 1 nitrogen and oxygen atoms in total. The first-order valence-corrected chi connectivity index (χ1v) is 9.19. The molecule has 21 heavy (non-hydrogen) atoms. The van der Waals surface area contributed by atoms with Crippen LogP contribution in [0.1, 0.15) is 75.3 Å². The van der Waals surface area contributed by atoms with Crippen LogP contribution in [0.25, 0.3) is 0 Å². The standard InChI is InChI=1S/C20H31N/c1-2-13-21-20(16-9-5-3-4-6-10-16)15-18-14-17-11-7-8-12-19(17)18/h7-8,11-12,16,18,20-21H,2-6,9-10,13-15H2,1H3. The van der Waals surface area contributed by atoms with Gasteiger partial charge in [0.15, 0.2) is 0 Å². The molecule has 1 aromatic carbocycles. The van der Waals surface area contributed by atoms with Crippen LogP contribution in [0, 0.1) is 5.92 Å². The molecule has 2 unspecified atom stereocenters. The van der Waals surface area contributed by atoms with Gasteiger partial charge in [-0.2, -0.15) is 0 Å². The predicted molar refractivity (Wildman–Crippen MR) is 90.8 cm³/mol. The number of hydrogen-bond donors (Lipinski definition) is 1. The maximum Gasteiger partial charge on any atom is 0.0101 e. The second kappa shape index (κ2) is 7.45. The van der Waals surface area contributed by atoms with Crippen LogP contribution in [0.4, 0.5) is 0 Å². The van der Waals surface area contributed by atoms with Crippen molar-refractivity contribution in [3.8, 4) is 0 Å². The fourth-order valence-corrected chi connectivity index (χ4v) is 4.37. The van der Waals surface area contributed by atoms with Crippen molar-refractivity contribution in [3.05, 3.63) is 35.4 Å². The third kappa shape index (κ3) is 3.69. The van der Waals surface area contributed by atoms with E-state index < -0.39 is 0 Å². The molecule has 0 aromatic heterocycles. The summed E-state index contributed by atoms with van der Waals surface area (Å²) in [5, 5.41) is 3.90. The summed E-state index contributed by atoms with van der Waals surface area (Å²) in [4.78, 5) is 0. The molecule has 2 aliphatic carbocycles. The lowest BCUT2D eigenvalue weighted by atomic mass is 9.72. The molecule has 2 atom stereocenters. The summed E-state index contributed by atoms with van der Waals surface area (Å²) in [6.07, 6.45) is 12.7. The number of rotatable bonds is 6. The van der Waals surface area contributed by atoms with Gasteiger partial charge >= 0.3 is 0 Å². The molecule has 0 spiro atoms. The highest BCUT2D eigenvalue weighted by Crippen LogP contribution is 2.40. The molecule has 2 aliphatic rings. The Balaban J connectivity index is 1.62. The molecular weight excluding hydrogens is 254 g/mol. The first kappa shape index (κ1) is 15.1. The van der Waals surface area contributed by atoms with Crippen LogP contribution in [-0.4, -0.2) is 12.6 Å². The minimum Gasteiger partial charge on any atom is -0.314 e. The first-order valence-electron chi connectivity index (χ1n) is 9.19. The number of nitrogens with one attached hydrogen (secondary N) is 1. The number of hydrogen-bond acceptors (Lipinski definition) is 1. The number of benzene rings is 1. The van der Waals surface area contributed by atoms with Gasteiger partial charge in [0.25, 0.3) is 0 Å². The van der Waals surface area contributed by atoms with E-state index in [0.717, 1.165) is 17.9 Å². The van der Waals surface area contributed by atoms with Crippen molar-refractivity contribution in [2.24, 2.45) is 5.92 Å². The maximum absolute atomic E-state index is 3.90. The zero-order valence-corrected chi connectivity index (χ0v) is 13.6. The SMILES string of the molecule is CCCNC(CC1Cc2ccccc21)C1CCCCCC1. The summed E-state index contributed by atoms with van der Waals surface area (Å²) in [7, 11) is 0. The molecule has 1 saturated carbocycles. The Morgan fingerprint density at radius 1 is 1.10 bits per heavy atom. The Morgan fingerprint density at radius 3 is 2.57 bits per heavy atom. The fraction of sp³-hybridized carbons (Fsp3) is 0.700. The summed E-state index contributed by atoms with van der Waals surface area (Å²) in [5.41, 5.74) is 3.23. The zero-order valence-electron chi connectivity index (χ0n) is 13.6. The van der Waals surface area contributed by atoms with Crippen LogP contribution in [0.2, 0.25) is 0 Å². The average Bonchev–Trinajstić information content (AvgIpc) is 2.77. The largest absolute Gasteiger partial charge is 0.314 e. The lowest BCUT2D eigenvalue weighted by molar-refractivity contribution is 0.282. The zero-order chi connectivity index (χ0) is 14.5. The second-order valence-corrected chi connectivity index (χ2v) is 7.15. The van der Waals surface area contributed by atoms with Crippen molar-refractivity contribution >= 4 is 0 Å². The minimum absolute atomic E-state index is 0.751. The Bertz CT molecular complexity index is 431. The van der Waals surface area contributed by atoms with E-state index in [0.29, 0.717) is 0 Å². The maximum atomic E-state index is 3.90. The van der Waals surface area contributed by atoms with Gasteiger partial charge in [0.2, 0.25) is 0 Å². The lowest BCUT2D eigenvalue weighted by Crippen LogP contribution is -2.39. The lowest BCUT2D eigenvalue weighted by Gasteiger charge is -2.36. The summed E-state index contributed by atoms with van der Waals surface area (Å²) >= 11 is 0. The molecule has 0 aliphatic heterocycles. The van der Waals surface area contributed by atoms with E-state index in [2.05, 4.69) is 36.5 Å². The molecule has 116 valence electrons. The van der Waals surface area contributed by atoms with Crippen LogP contribution in [0.3, 0.4) is 0 Å². The van der Waals surface area contributed by atoms with Crippen LogP contribution in [0.5, 0.6) is 0 Å². The van der Waals surface area contributed by atoms with Crippen molar-refractivity contribution < 1.29 is 0 Å². The molecule has 0 radical (unpaired) electrons. The van der Waals surface area contributed by atoms with E-state index in [-0.39, 0.29) is 0 Å². The highest BCUT2D eigenvalue weighted by molar-refractivity contribution is 5.39. The highest BCUT2D eigenvalue weighted by Gasteiger charge is 2.31. The third-order valence-electron chi connectivity index (χ3n) is 5.63. The van der Waals surface area contributed by atoms with Crippen molar-refractivity contribution in [1.29, 1.82) is 0 Å². The van der Waals surface area contributed by atoms with Gasteiger partial charge in [0, 0.05) is 6.04 Å². The molecule has 0 bridgehead atoms. The summed E-state index contributed by atoms with van der Waals surface area (Å²) in [5.74, 6) is 1.74. The van der Waals surface area contributed by atoms with Crippen molar-refractivity contribution in [2.75, 3.05) is 6.54 Å². The summed E-state index contributed by atoms with van der Waals surface area (Å²) < 4.78 is 0. The molecule has 3 rings (SSSR count). The Morgan fingerprint density at radius 2 is 1.86 bits per heavy atom.